The maximum absolute atomic E-state index is 13.7. The van der Waals surface area contributed by atoms with Crippen LogP contribution < -0.4 is 0 Å². The second-order valence-electron chi connectivity index (χ2n) is 20.6. The van der Waals surface area contributed by atoms with Crippen LogP contribution in [0, 0.1) is 97.2 Å². The molecule has 6 aliphatic carbocycles. The molecule has 6 unspecified atom stereocenters. The number of rotatable bonds is 6. The van der Waals surface area contributed by atoms with Gasteiger partial charge in [-0.05, 0) is 66.6 Å². The topological polar surface area (TPSA) is 112 Å². The molecule has 6 atom stereocenters. The summed E-state index contributed by atoms with van der Waals surface area (Å²) in [5.41, 5.74) is -9.51. The molecule has 0 aliphatic heterocycles. The number of carbonyl (C=O) groups is 3. The number of aliphatic hydroxyl groups is 3. The molecule has 6 rings (SSSR count). The molecule has 0 aromatic rings. The maximum Gasteiger partial charge on any atom is 0.460 e. The molecule has 6 aliphatic rings. The van der Waals surface area contributed by atoms with Gasteiger partial charge in [0.05, 0.1) is 0 Å². The van der Waals surface area contributed by atoms with E-state index in [4.69, 9.17) is 0 Å². The third-order valence-electron chi connectivity index (χ3n) is 16.9. The van der Waals surface area contributed by atoms with Gasteiger partial charge in [-0.1, -0.05) is 62.3 Å². The fraction of sp³-hybridized carbons (Fsp3) is 0.786. The van der Waals surface area contributed by atoms with E-state index in [0.717, 1.165) is 0 Å². The van der Waals surface area contributed by atoms with Gasteiger partial charge in [0.1, 0.15) is 0 Å². The number of aliphatic hydroxyl groups excluding tert-OH is 3. The fourth-order valence-corrected chi connectivity index (χ4v) is 11.0. The van der Waals surface area contributed by atoms with Crippen molar-refractivity contribution in [2.24, 2.45) is 50.2 Å². The van der Waals surface area contributed by atoms with E-state index >= 15 is 0 Å². The Labute approximate surface area is 423 Å². The Kier molecular flexibility index (Phi) is 15.1. The Morgan fingerprint density at radius 1 is 0.400 bits per heavy atom. The van der Waals surface area contributed by atoms with Crippen LogP contribution in [-0.4, -0.2) is 86.7 Å². The molecule has 0 radical (unpaired) electrons. The van der Waals surface area contributed by atoms with Crippen LogP contribution >= 0.6 is 0 Å². The van der Waals surface area contributed by atoms with E-state index < -0.39 is 156 Å². The summed E-state index contributed by atoms with van der Waals surface area (Å²) in [6.45, 7) is 13.5. The van der Waals surface area contributed by atoms with Crippen molar-refractivity contribution in [2.75, 3.05) is 0 Å². The van der Waals surface area contributed by atoms with E-state index in [9.17, 15) is 122 Å². The number of allylic oxidation sites excluding steroid dienone is 6. The zero-order chi connectivity index (χ0) is 54.7. The van der Waals surface area contributed by atoms with E-state index in [0.29, 0.717) is 19.3 Å². The molecule has 0 saturated heterocycles. The number of hydrogen-bond acceptors (Lipinski definition) is 6. The minimum absolute atomic E-state index is 0. The van der Waals surface area contributed by atoms with Crippen molar-refractivity contribution in [3.63, 3.8) is 0 Å². The van der Waals surface area contributed by atoms with Gasteiger partial charge in [0, 0.05) is 85.8 Å². The summed E-state index contributed by atoms with van der Waals surface area (Å²) in [5.74, 6) is -50.3. The first-order valence-electron chi connectivity index (χ1n) is 20.5. The maximum atomic E-state index is 13.7. The molecule has 6 bridgehead atoms. The second kappa shape index (κ2) is 17.1. The smallest absolute Gasteiger partial charge is 0.460 e. The summed E-state index contributed by atoms with van der Waals surface area (Å²) < 4.78 is 271. The number of alkyl halides is 21. The molecule has 0 amide bonds. The van der Waals surface area contributed by atoms with E-state index in [2.05, 4.69) is 0 Å². The molecule has 0 heterocycles. The predicted octanol–water partition coefficient (Wildman–Crippen LogP) is 14.0. The Bertz CT molecular complexity index is 2160. The van der Waals surface area contributed by atoms with Crippen LogP contribution in [0.25, 0.3) is 0 Å². The Hall–Kier alpha value is -2.32. The Balaban J connectivity index is 0.000000276. The van der Waals surface area contributed by atoms with Gasteiger partial charge >= 0.3 is 54.1 Å². The fourth-order valence-electron chi connectivity index (χ4n) is 11.0. The monoisotopic (exact) mass is 1220 g/mol. The van der Waals surface area contributed by atoms with Gasteiger partial charge in [-0.2, -0.15) is 92.2 Å². The van der Waals surface area contributed by atoms with Crippen molar-refractivity contribution >= 4 is 17.3 Å². The normalized spacial score (nSPS) is 32.8. The first-order chi connectivity index (χ1) is 30.1. The number of halogens is 21. The molecular formula is C42H45F21O6Yb. The molecule has 0 spiro atoms. The number of hydrogen-bond donors (Lipinski definition) is 3. The first kappa shape index (κ1) is 62.0. The summed E-state index contributed by atoms with van der Waals surface area (Å²) in [6.07, 6.45) is -18.4. The molecule has 28 heteroatoms. The number of Topliss-reactive ketones (excluding diaryl/α,β-unsaturated/α-hetero) is 3. The van der Waals surface area contributed by atoms with Gasteiger partial charge in [0.25, 0.3) is 0 Å². The van der Waals surface area contributed by atoms with Crippen LogP contribution in [-0.2, 0) is 14.4 Å². The second-order valence-corrected chi connectivity index (χ2v) is 20.6. The molecule has 6 fully saturated rings. The third kappa shape index (κ3) is 7.88. The molecule has 6 nitrogen and oxygen atoms in total. The Morgan fingerprint density at radius 3 is 0.843 bits per heavy atom. The molecule has 70 heavy (non-hydrogen) atoms. The van der Waals surface area contributed by atoms with Crippen molar-refractivity contribution in [2.45, 2.75) is 155 Å². The van der Waals surface area contributed by atoms with E-state index in [-0.39, 0.29) is 66.2 Å². The predicted molar refractivity (Wildman–Crippen MR) is 196 cm³/mol. The van der Waals surface area contributed by atoms with Crippen LogP contribution in [0.15, 0.2) is 34.0 Å². The standard InChI is InChI=1S/3C14H15F7O2.Yb/c1-10(2)6-4-5-11(10,3)7(8(6)22)9(23)12(15,16)13(17,18)14(19,20)21;2*1-10(2)6-4-5-11(10,3)8(22)7(6)9(23)12(15,16)13(17,18)14(19,20)21;/h3*6,23H,4-5H2,1-3H3;. The largest absolute Gasteiger partial charge is 0.506 e. The van der Waals surface area contributed by atoms with E-state index in [1.165, 1.54) is 20.8 Å². The van der Waals surface area contributed by atoms with Crippen molar-refractivity contribution in [3.8, 4) is 0 Å². The van der Waals surface area contributed by atoms with Gasteiger partial charge in [0.2, 0.25) is 0 Å². The zero-order valence-electron chi connectivity index (χ0n) is 37.7. The summed E-state index contributed by atoms with van der Waals surface area (Å²) in [7, 11) is 0. The van der Waals surface area contributed by atoms with E-state index in [1.807, 2.05) is 0 Å². The molecular weight excluding hydrogens is 1170 g/mol. The Morgan fingerprint density at radius 2 is 0.629 bits per heavy atom. The van der Waals surface area contributed by atoms with E-state index in [1.54, 1.807) is 41.5 Å². The van der Waals surface area contributed by atoms with Crippen molar-refractivity contribution in [3.05, 3.63) is 34.0 Å². The van der Waals surface area contributed by atoms with Crippen molar-refractivity contribution in [1.29, 1.82) is 0 Å². The average Bonchev–Trinajstić information content (AvgIpc) is 3.79. The summed E-state index contributed by atoms with van der Waals surface area (Å²) in [4.78, 5) is 36.8. The van der Waals surface area contributed by atoms with Crippen LogP contribution in [0.2, 0.25) is 0 Å². The molecule has 0 aromatic carbocycles. The molecule has 3 N–H and O–H groups in total. The SMILES string of the molecule is CC12CCC(C(=C(O)C(F)(F)C(F)(F)C(F)(F)F)C1=O)C2(C)C.CC12CCC(C(=C(O)C(F)(F)C(F)(F)C(F)(F)F)C1=O)C2(C)C.CC12CCC(C(=O)C1=C(O)C(F)(F)C(F)(F)C(F)(F)F)C2(C)C.[Yb]. The molecule has 6 saturated carbocycles. The minimum atomic E-state index is -6.57. The quantitative estimate of drug-likeness (QED) is 0.139. The number of carbonyl (C=O) groups excluding carboxylic acids is 3. The van der Waals surface area contributed by atoms with Gasteiger partial charge in [-0.25, -0.2) is 0 Å². The summed E-state index contributed by atoms with van der Waals surface area (Å²) in [5, 5.41) is 28.7. The van der Waals surface area contributed by atoms with Gasteiger partial charge < -0.3 is 15.3 Å². The number of ketones is 3. The number of fused-ring (bicyclic) bond motifs is 6. The van der Waals surface area contributed by atoms with Crippen molar-refractivity contribution in [1.82, 2.24) is 0 Å². The van der Waals surface area contributed by atoms with Crippen LogP contribution in [0.3, 0.4) is 0 Å². The van der Waals surface area contributed by atoms with Crippen LogP contribution in [0.5, 0.6) is 0 Å². The van der Waals surface area contributed by atoms with Gasteiger partial charge in [-0.15, -0.1) is 0 Å². The summed E-state index contributed by atoms with van der Waals surface area (Å²) in [6, 6.07) is 0. The minimum Gasteiger partial charge on any atom is -0.506 e. The van der Waals surface area contributed by atoms with Gasteiger partial charge in [0.15, 0.2) is 34.6 Å². The van der Waals surface area contributed by atoms with Crippen LogP contribution in [0.1, 0.15) is 101 Å². The van der Waals surface area contributed by atoms with Crippen LogP contribution in [0.4, 0.5) is 92.2 Å². The molecule has 410 valence electrons. The van der Waals surface area contributed by atoms with Gasteiger partial charge in [-0.3, -0.25) is 14.4 Å². The first-order valence-corrected chi connectivity index (χ1v) is 20.5. The molecule has 0 aromatic heterocycles. The van der Waals surface area contributed by atoms with Crippen molar-refractivity contribution < 1.29 is 169 Å². The third-order valence-corrected chi connectivity index (χ3v) is 16.9. The zero-order valence-corrected chi connectivity index (χ0v) is 39.5. The summed E-state index contributed by atoms with van der Waals surface area (Å²) >= 11 is 0. The average molecular weight is 1220 g/mol.